The van der Waals surface area contributed by atoms with Crippen LogP contribution in [0.5, 0.6) is 5.75 Å². The third-order valence-electron chi connectivity index (χ3n) is 5.85. The molecule has 148 valence electrons. The molecule has 6 rings (SSSR count). The van der Waals surface area contributed by atoms with Gasteiger partial charge in [0.1, 0.15) is 5.75 Å². The molecular formula is C23H15Br2N3O2. The number of anilines is 1. The first kappa shape index (κ1) is 18.2. The van der Waals surface area contributed by atoms with Crippen molar-refractivity contribution in [3.05, 3.63) is 92.4 Å². The molecular weight excluding hydrogens is 510 g/mol. The lowest BCUT2D eigenvalue weighted by atomic mass is 9.92. The summed E-state index contributed by atoms with van der Waals surface area (Å²) in [4.78, 5) is 13.4. The number of halogens is 2. The zero-order valence-electron chi connectivity index (χ0n) is 15.6. The smallest absolute Gasteiger partial charge is 0.306 e. The minimum atomic E-state index is -1.34. The fraction of sp³-hybridized carbons (Fsp3) is 0.130. The number of benzene rings is 3. The van der Waals surface area contributed by atoms with Gasteiger partial charge in [-0.3, -0.25) is 4.79 Å². The number of hydrogen-bond donors (Lipinski definition) is 1. The predicted octanol–water partition coefficient (Wildman–Crippen LogP) is 5.56. The van der Waals surface area contributed by atoms with Crippen LogP contribution in [0.3, 0.4) is 0 Å². The van der Waals surface area contributed by atoms with E-state index in [1.165, 1.54) is 0 Å². The highest BCUT2D eigenvalue weighted by Gasteiger charge is 2.60. The van der Waals surface area contributed by atoms with E-state index in [9.17, 15) is 4.79 Å². The van der Waals surface area contributed by atoms with Gasteiger partial charge in [0.25, 0.3) is 5.91 Å². The van der Waals surface area contributed by atoms with Gasteiger partial charge in [0.2, 0.25) is 0 Å². The van der Waals surface area contributed by atoms with Crippen molar-refractivity contribution >= 4 is 49.2 Å². The second-order valence-corrected chi connectivity index (χ2v) is 9.38. The quantitative estimate of drug-likeness (QED) is 0.453. The first-order valence-electron chi connectivity index (χ1n) is 9.58. The van der Waals surface area contributed by atoms with Gasteiger partial charge in [-0.25, -0.2) is 5.01 Å². The fourth-order valence-electron chi connectivity index (χ4n) is 4.48. The number of nitrogens with zero attached hydrogens (tertiary/aromatic N) is 2. The molecule has 3 aromatic carbocycles. The van der Waals surface area contributed by atoms with Gasteiger partial charge in [-0.15, -0.1) is 0 Å². The van der Waals surface area contributed by atoms with Crippen LogP contribution in [0, 0.1) is 0 Å². The van der Waals surface area contributed by atoms with E-state index in [-0.39, 0.29) is 11.9 Å². The highest BCUT2D eigenvalue weighted by atomic mass is 79.9. The van der Waals surface area contributed by atoms with Crippen molar-refractivity contribution in [3.63, 3.8) is 0 Å². The Hall–Kier alpha value is -2.64. The molecule has 30 heavy (non-hydrogen) atoms. The molecule has 3 heterocycles. The van der Waals surface area contributed by atoms with Gasteiger partial charge >= 0.3 is 5.72 Å². The first-order valence-corrected chi connectivity index (χ1v) is 11.2. The lowest BCUT2D eigenvalue weighted by Gasteiger charge is -2.44. The number of amides is 1. The zero-order valence-corrected chi connectivity index (χ0v) is 18.8. The van der Waals surface area contributed by atoms with Gasteiger partial charge in [-0.2, -0.15) is 5.10 Å². The summed E-state index contributed by atoms with van der Waals surface area (Å²) in [6, 6.07) is 21.6. The number of carbonyl (C=O) groups excluding carboxylic acids is 1. The lowest BCUT2D eigenvalue weighted by molar-refractivity contribution is -0.161. The minimum Gasteiger partial charge on any atom is -0.453 e. The number of rotatable bonds is 1. The molecule has 0 aromatic heterocycles. The highest BCUT2D eigenvalue weighted by molar-refractivity contribution is 9.10. The molecule has 3 aliphatic heterocycles. The summed E-state index contributed by atoms with van der Waals surface area (Å²) in [5.74, 6) is 0.491. The van der Waals surface area contributed by atoms with E-state index in [1.807, 2.05) is 65.7 Å². The van der Waals surface area contributed by atoms with Crippen LogP contribution in [0.4, 0.5) is 5.69 Å². The summed E-state index contributed by atoms with van der Waals surface area (Å²) < 4.78 is 8.37. The molecule has 1 amide bonds. The molecule has 2 atom stereocenters. The molecule has 3 aromatic rings. The maximum absolute atomic E-state index is 13.4. The van der Waals surface area contributed by atoms with Gasteiger partial charge in [-0.05, 0) is 42.0 Å². The molecule has 1 N–H and O–H groups in total. The predicted molar refractivity (Wildman–Crippen MR) is 121 cm³/mol. The van der Waals surface area contributed by atoms with Gasteiger partial charge in [0.15, 0.2) is 0 Å². The summed E-state index contributed by atoms with van der Waals surface area (Å²) in [5, 5.41) is 9.79. The Morgan fingerprint density at radius 3 is 2.63 bits per heavy atom. The minimum absolute atomic E-state index is 0.0933. The zero-order chi connectivity index (χ0) is 20.5. The topological polar surface area (TPSA) is 53.9 Å². The van der Waals surface area contributed by atoms with E-state index in [0.717, 1.165) is 37.0 Å². The van der Waals surface area contributed by atoms with Crippen molar-refractivity contribution in [1.82, 2.24) is 5.01 Å². The summed E-state index contributed by atoms with van der Waals surface area (Å²) in [6.07, 6.45) is 0.695. The SMILES string of the molecule is O=C1Nc2ccc(Br)cc2C12Oc1ccccc1C1CC(c3ccc(Br)cc3)=NN12. The standard InChI is InChI=1S/C23H15Br2N3O2/c24-14-7-5-13(6-8-14)19-12-20-16-3-1-2-4-21(16)30-23(28(20)27-19)17-11-15(25)9-10-18(17)26-22(23)29/h1-11,20H,12H2,(H,26,29). The number of hydrogen-bond acceptors (Lipinski definition) is 4. The highest BCUT2D eigenvalue weighted by Crippen LogP contribution is 2.54. The second-order valence-electron chi connectivity index (χ2n) is 7.55. The van der Waals surface area contributed by atoms with Crippen molar-refractivity contribution in [1.29, 1.82) is 0 Å². The van der Waals surface area contributed by atoms with E-state index in [2.05, 4.69) is 43.2 Å². The van der Waals surface area contributed by atoms with E-state index in [4.69, 9.17) is 9.84 Å². The van der Waals surface area contributed by atoms with Crippen LogP contribution in [0.15, 0.2) is 80.8 Å². The number of carbonyl (C=O) groups is 1. The van der Waals surface area contributed by atoms with Crippen LogP contribution in [0.1, 0.15) is 29.2 Å². The number of hydrazone groups is 1. The second kappa shape index (κ2) is 6.43. The molecule has 0 fully saturated rings. The van der Waals surface area contributed by atoms with Crippen LogP contribution in [-0.4, -0.2) is 16.6 Å². The Labute approximate surface area is 190 Å². The Balaban J connectivity index is 1.57. The van der Waals surface area contributed by atoms with Crippen molar-refractivity contribution in [3.8, 4) is 5.75 Å². The van der Waals surface area contributed by atoms with E-state index >= 15 is 0 Å². The fourth-order valence-corrected chi connectivity index (χ4v) is 5.10. The average Bonchev–Trinajstić information content (AvgIpc) is 3.30. The molecule has 1 spiro atoms. The maximum Gasteiger partial charge on any atom is 0.306 e. The lowest BCUT2D eigenvalue weighted by Crippen LogP contribution is -2.55. The van der Waals surface area contributed by atoms with Gasteiger partial charge in [0, 0.05) is 20.9 Å². The molecule has 5 nitrogen and oxygen atoms in total. The Bertz CT molecular complexity index is 1240. The maximum atomic E-state index is 13.4. The molecule has 3 aliphatic rings. The van der Waals surface area contributed by atoms with Crippen LogP contribution in [-0.2, 0) is 10.5 Å². The summed E-state index contributed by atoms with van der Waals surface area (Å²) in [7, 11) is 0. The van der Waals surface area contributed by atoms with Crippen LogP contribution in [0.2, 0.25) is 0 Å². The molecule has 0 saturated heterocycles. The third-order valence-corrected chi connectivity index (χ3v) is 6.87. The number of nitrogens with one attached hydrogen (secondary N) is 1. The third kappa shape index (κ3) is 2.45. The van der Waals surface area contributed by atoms with Gasteiger partial charge in [0.05, 0.1) is 23.0 Å². The van der Waals surface area contributed by atoms with Crippen molar-refractivity contribution in [2.24, 2.45) is 5.10 Å². The number of fused-ring (bicyclic) bond motifs is 6. The molecule has 7 heteroatoms. The van der Waals surface area contributed by atoms with Crippen LogP contribution in [0.25, 0.3) is 0 Å². The van der Waals surface area contributed by atoms with Crippen molar-refractivity contribution < 1.29 is 9.53 Å². The molecule has 0 saturated carbocycles. The van der Waals surface area contributed by atoms with E-state index in [1.54, 1.807) is 0 Å². The van der Waals surface area contributed by atoms with Crippen molar-refractivity contribution in [2.75, 3.05) is 5.32 Å². The molecule has 0 aliphatic carbocycles. The first-order chi connectivity index (χ1) is 14.6. The molecule has 2 unspecified atom stereocenters. The van der Waals surface area contributed by atoms with Gasteiger partial charge < -0.3 is 10.1 Å². The number of ether oxygens (including phenoxy) is 1. The Morgan fingerprint density at radius 2 is 1.80 bits per heavy atom. The Morgan fingerprint density at radius 1 is 1.03 bits per heavy atom. The van der Waals surface area contributed by atoms with Crippen LogP contribution < -0.4 is 10.1 Å². The normalized spacial score (nSPS) is 23.4. The summed E-state index contributed by atoms with van der Waals surface area (Å²) in [5.41, 5.74) is 3.18. The van der Waals surface area contributed by atoms with Gasteiger partial charge in [-0.1, -0.05) is 62.2 Å². The molecule has 0 radical (unpaired) electrons. The number of para-hydroxylation sites is 1. The monoisotopic (exact) mass is 523 g/mol. The summed E-state index contributed by atoms with van der Waals surface area (Å²) >= 11 is 7.03. The Kier molecular flexibility index (Phi) is 3.89. The van der Waals surface area contributed by atoms with Crippen molar-refractivity contribution in [2.45, 2.75) is 18.2 Å². The van der Waals surface area contributed by atoms with E-state index in [0.29, 0.717) is 12.2 Å². The largest absolute Gasteiger partial charge is 0.453 e. The van der Waals surface area contributed by atoms with Crippen LogP contribution >= 0.6 is 31.9 Å². The summed E-state index contributed by atoms with van der Waals surface area (Å²) in [6.45, 7) is 0. The average molecular weight is 525 g/mol. The molecule has 0 bridgehead atoms. The van der Waals surface area contributed by atoms with E-state index < -0.39 is 5.72 Å².